The molecule has 0 aromatic carbocycles. The van der Waals surface area contributed by atoms with Gasteiger partial charge in [-0.3, -0.25) is 9.69 Å². The molecule has 3 N–H and O–H groups in total. The number of halogens is 1. The lowest BCUT2D eigenvalue weighted by atomic mass is 10.3. The molecule has 0 unspecified atom stereocenters. The van der Waals surface area contributed by atoms with Crippen LogP contribution in [-0.4, -0.2) is 35.4 Å². The van der Waals surface area contributed by atoms with E-state index in [0.29, 0.717) is 11.6 Å². The summed E-state index contributed by atoms with van der Waals surface area (Å²) >= 11 is 1.51. The molecule has 0 aliphatic carbocycles. The summed E-state index contributed by atoms with van der Waals surface area (Å²) in [4.78, 5) is 18.5. The topological polar surface area (TPSA) is 71.2 Å². The van der Waals surface area contributed by atoms with Crippen LogP contribution in [0.5, 0.6) is 0 Å². The molecule has 1 fully saturated rings. The van der Waals surface area contributed by atoms with Gasteiger partial charge in [0.1, 0.15) is 0 Å². The Balaban J connectivity index is 0.00000128. The van der Waals surface area contributed by atoms with E-state index < -0.39 is 0 Å². The Morgan fingerprint density at radius 1 is 1.56 bits per heavy atom. The summed E-state index contributed by atoms with van der Waals surface area (Å²) in [6, 6.07) is 0. The first-order chi connectivity index (χ1) is 7.24. The predicted octanol–water partition coefficient (Wildman–Crippen LogP) is 0.469. The standard InChI is InChI=1S/C9H14N4OS.ClH/c10-9-12-5-7(15-9)6-13-3-1-8(14)11-2-4-13;/h5H,1-4,6H2,(H2,10,12)(H,11,14);1H. The van der Waals surface area contributed by atoms with Crippen LogP contribution in [0.3, 0.4) is 0 Å². The molecule has 1 amide bonds. The molecule has 2 rings (SSSR count). The Bertz CT molecular complexity index is 357. The van der Waals surface area contributed by atoms with Crippen molar-refractivity contribution in [2.45, 2.75) is 13.0 Å². The second-order valence-corrected chi connectivity index (χ2v) is 4.69. The lowest BCUT2D eigenvalue weighted by Crippen LogP contribution is -2.27. The first-order valence-electron chi connectivity index (χ1n) is 4.93. The van der Waals surface area contributed by atoms with Crippen LogP contribution in [0.25, 0.3) is 0 Å². The van der Waals surface area contributed by atoms with Gasteiger partial charge in [-0.05, 0) is 0 Å². The van der Waals surface area contributed by atoms with Gasteiger partial charge in [-0.25, -0.2) is 4.98 Å². The van der Waals surface area contributed by atoms with Gasteiger partial charge >= 0.3 is 0 Å². The normalized spacial score (nSPS) is 17.4. The first kappa shape index (κ1) is 13.2. The largest absolute Gasteiger partial charge is 0.375 e. The highest BCUT2D eigenvalue weighted by Gasteiger charge is 2.14. The fraction of sp³-hybridized carbons (Fsp3) is 0.556. The van der Waals surface area contributed by atoms with Crippen molar-refractivity contribution in [3.05, 3.63) is 11.1 Å². The van der Waals surface area contributed by atoms with Crippen molar-refractivity contribution in [2.75, 3.05) is 25.4 Å². The van der Waals surface area contributed by atoms with Gasteiger partial charge in [-0.2, -0.15) is 0 Å². The fourth-order valence-electron chi connectivity index (χ4n) is 1.59. The molecule has 1 aliphatic rings. The second-order valence-electron chi connectivity index (χ2n) is 3.54. The van der Waals surface area contributed by atoms with Gasteiger partial charge in [0, 0.05) is 43.7 Å². The van der Waals surface area contributed by atoms with Gasteiger partial charge in [0.2, 0.25) is 5.91 Å². The van der Waals surface area contributed by atoms with E-state index in [9.17, 15) is 4.79 Å². The third-order valence-electron chi connectivity index (χ3n) is 2.36. The van der Waals surface area contributed by atoms with Gasteiger partial charge in [-0.1, -0.05) is 0 Å². The van der Waals surface area contributed by atoms with Crippen LogP contribution < -0.4 is 11.1 Å². The number of amides is 1. The van der Waals surface area contributed by atoms with Gasteiger partial charge < -0.3 is 11.1 Å². The second kappa shape index (κ2) is 6.03. The van der Waals surface area contributed by atoms with Crippen LogP contribution >= 0.6 is 23.7 Å². The quantitative estimate of drug-likeness (QED) is 0.813. The van der Waals surface area contributed by atoms with Crippen molar-refractivity contribution < 1.29 is 4.79 Å². The monoisotopic (exact) mass is 262 g/mol. The number of nitrogen functional groups attached to an aromatic ring is 1. The van der Waals surface area contributed by atoms with Crippen molar-refractivity contribution in [1.82, 2.24) is 15.2 Å². The molecule has 2 heterocycles. The number of thiazole rings is 1. The molecule has 16 heavy (non-hydrogen) atoms. The minimum absolute atomic E-state index is 0. The van der Waals surface area contributed by atoms with E-state index in [4.69, 9.17) is 5.73 Å². The van der Waals surface area contributed by atoms with E-state index in [0.717, 1.165) is 31.1 Å². The molecular formula is C9H15ClN4OS. The van der Waals surface area contributed by atoms with Crippen molar-refractivity contribution in [1.29, 1.82) is 0 Å². The Morgan fingerprint density at radius 2 is 2.38 bits per heavy atom. The average molecular weight is 263 g/mol. The molecule has 1 aromatic heterocycles. The maximum Gasteiger partial charge on any atom is 0.221 e. The summed E-state index contributed by atoms with van der Waals surface area (Å²) in [5, 5.41) is 3.45. The maximum atomic E-state index is 11.1. The number of carbonyl (C=O) groups excluding carboxylic acids is 1. The van der Waals surface area contributed by atoms with Crippen LogP contribution in [0, 0.1) is 0 Å². The molecular weight excluding hydrogens is 248 g/mol. The molecule has 0 saturated carbocycles. The number of nitrogens with one attached hydrogen (secondary N) is 1. The zero-order valence-electron chi connectivity index (χ0n) is 8.81. The Morgan fingerprint density at radius 3 is 3.06 bits per heavy atom. The molecule has 0 bridgehead atoms. The van der Waals surface area contributed by atoms with Crippen LogP contribution in [0.15, 0.2) is 6.20 Å². The molecule has 1 aliphatic heterocycles. The van der Waals surface area contributed by atoms with E-state index in [1.54, 1.807) is 6.20 Å². The number of hydrogen-bond donors (Lipinski definition) is 2. The summed E-state index contributed by atoms with van der Waals surface area (Å²) in [6.45, 7) is 3.27. The number of aromatic nitrogens is 1. The van der Waals surface area contributed by atoms with Crippen LogP contribution in [0.4, 0.5) is 5.13 Å². The highest BCUT2D eigenvalue weighted by Crippen LogP contribution is 2.16. The number of nitrogens with two attached hydrogens (primary N) is 1. The number of anilines is 1. The van der Waals surface area contributed by atoms with Crippen molar-refractivity contribution in [3.8, 4) is 0 Å². The Labute approximate surface area is 104 Å². The summed E-state index contributed by atoms with van der Waals surface area (Å²) in [6.07, 6.45) is 2.38. The molecule has 0 atom stereocenters. The van der Waals surface area contributed by atoms with E-state index in [-0.39, 0.29) is 18.3 Å². The first-order valence-corrected chi connectivity index (χ1v) is 5.75. The number of rotatable bonds is 2. The molecule has 0 radical (unpaired) electrons. The third-order valence-corrected chi connectivity index (χ3v) is 3.17. The zero-order chi connectivity index (χ0) is 10.7. The lowest BCUT2D eigenvalue weighted by Gasteiger charge is -2.17. The van der Waals surface area contributed by atoms with Gasteiger partial charge in [0.25, 0.3) is 0 Å². The highest BCUT2D eigenvalue weighted by atomic mass is 35.5. The number of nitrogens with zero attached hydrogens (tertiary/aromatic N) is 2. The van der Waals surface area contributed by atoms with Crippen molar-refractivity contribution in [3.63, 3.8) is 0 Å². The SMILES string of the molecule is Cl.Nc1ncc(CN2CCNC(=O)CC2)s1. The molecule has 0 spiro atoms. The summed E-state index contributed by atoms with van der Waals surface area (Å²) < 4.78 is 0. The van der Waals surface area contributed by atoms with Crippen molar-refractivity contribution in [2.24, 2.45) is 0 Å². The Hall–Kier alpha value is -0.850. The molecule has 5 nitrogen and oxygen atoms in total. The van der Waals surface area contributed by atoms with E-state index in [2.05, 4.69) is 15.2 Å². The predicted molar refractivity (Wildman–Crippen MR) is 66.7 cm³/mol. The van der Waals surface area contributed by atoms with E-state index in [1.165, 1.54) is 11.3 Å². The smallest absolute Gasteiger partial charge is 0.221 e. The molecule has 1 aromatic rings. The summed E-state index contributed by atoms with van der Waals surface area (Å²) in [7, 11) is 0. The Kier molecular flexibility index (Phi) is 4.98. The molecule has 1 saturated heterocycles. The number of hydrogen-bond acceptors (Lipinski definition) is 5. The van der Waals surface area contributed by atoms with Crippen LogP contribution in [0.2, 0.25) is 0 Å². The molecule has 90 valence electrons. The fourth-order valence-corrected chi connectivity index (χ4v) is 2.31. The molecule has 7 heteroatoms. The van der Waals surface area contributed by atoms with E-state index >= 15 is 0 Å². The number of carbonyl (C=O) groups is 1. The maximum absolute atomic E-state index is 11.1. The van der Waals surface area contributed by atoms with E-state index in [1.807, 2.05) is 0 Å². The minimum Gasteiger partial charge on any atom is -0.375 e. The van der Waals surface area contributed by atoms with Gasteiger partial charge in [-0.15, -0.1) is 23.7 Å². The van der Waals surface area contributed by atoms with Crippen LogP contribution in [0.1, 0.15) is 11.3 Å². The summed E-state index contributed by atoms with van der Waals surface area (Å²) in [5.41, 5.74) is 5.56. The minimum atomic E-state index is 0. The van der Waals surface area contributed by atoms with Gasteiger partial charge in [0.15, 0.2) is 5.13 Å². The average Bonchev–Trinajstić information content (AvgIpc) is 2.48. The third kappa shape index (κ3) is 3.62. The van der Waals surface area contributed by atoms with Crippen LogP contribution in [-0.2, 0) is 11.3 Å². The zero-order valence-corrected chi connectivity index (χ0v) is 10.4. The summed E-state index contributed by atoms with van der Waals surface area (Å²) in [5.74, 6) is 0.140. The lowest BCUT2D eigenvalue weighted by molar-refractivity contribution is -0.120. The highest BCUT2D eigenvalue weighted by molar-refractivity contribution is 7.15. The van der Waals surface area contributed by atoms with Gasteiger partial charge in [0.05, 0.1) is 0 Å². The van der Waals surface area contributed by atoms with Crippen molar-refractivity contribution >= 4 is 34.8 Å².